The minimum atomic E-state index is 0.593. The molecule has 1 saturated heterocycles. The van der Waals surface area contributed by atoms with E-state index in [1.807, 2.05) is 18.3 Å². The molecule has 0 bridgehead atoms. The molecule has 2 fully saturated rings. The predicted molar refractivity (Wildman–Crippen MR) is 87.9 cm³/mol. The SMILES string of the molecule is c1cnnc(CN2CCC(N(c3ccncn3)C3CC3)CC2)c1. The summed E-state index contributed by atoms with van der Waals surface area (Å²) in [7, 11) is 0. The Morgan fingerprint density at radius 3 is 2.52 bits per heavy atom. The molecular formula is C17H22N6. The van der Waals surface area contributed by atoms with Crippen LogP contribution >= 0.6 is 0 Å². The number of hydrogen-bond acceptors (Lipinski definition) is 6. The number of aromatic nitrogens is 4. The van der Waals surface area contributed by atoms with Crippen molar-refractivity contribution in [2.75, 3.05) is 18.0 Å². The van der Waals surface area contributed by atoms with Gasteiger partial charge in [-0.05, 0) is 43.9 Å². The van der Waals surface area contributed by atoms with E-state index < -0.39 is 0 Å². The van der Waals surface area contributed by atoms with Crippen molar-refractivity contribution in [2.24, 2.45) is 0 Å². The van der Waals surface area contributed by atoms with Crippen molar-refractivity contribution >= 4 is 5.82 Å². The van der Waals surface area contributed by atoms with Crippen LogP contribution in [0.5, 0.6) is 0 Å². The van der Waals surface area contributed by atoms with Gasteiger partial charge in [0.05, 0.1) is 5.69 Å². The van der Waals surface area contributed by atoms with E-state index in [4.69, 9.17) is 0 Å². The van der Waals surface area contributed by atoms with Crippen molar-refractivity contribution in [1.29, 1.82) is 0 Å². The maximum Gasteiger partial charge on any atom is 0.132 e. The lowest BCUT2D eigenvalue weighted by Gasteiger charge is -2.39. The van der Waals surface area contributed by atoms with Crippen molar-refractivity contribution in [1.82, 2.24) is 25.1 Å². The lowest BCUT2D eigenvalue weighted by atomic mass is 10.0. The Balaban J connectivity index is 1.38. The average Bonchev–Trinajstić information content (AvgIpc) is 3.44. The van der Waals surface area contributed by atoms with Crippen LogP contribution in [0.3, 0.4) is 0 Å². The molecule has 0 atom stereocenters. The summed E-state index contributed by atoms with van der Waals surface area (Å²) in [6, 6.07) is 7.33. The zero-order chi connectivity index (χ0) is 15.5. The second-order valence-corrected chi connectivity index (χ2v) is 6.43. The fraction of sp³-hybridized carbons (Fsp3) is 0.529. The van der Waals surface area contributed by atoms with Gasteiger partial charge in [0.15, 0.2) is 0 Å². The third-order valence-corrected chi connectivity index (χ3v) is 4.73. The van der Waals surface area contributed by atoms with Gasteiger partial charge in [0, 0.05) is 44.1 Å². The molecule has 120 valence electrons. The fourth-order valence-electron chi connectivity index (χ4n) is 3.46. The molecule has 2 aliphatic rings. The molecule has 6 nitrogen and oxygen atoms in total. The van der Waals surface area contributed by atoms with Gasteiger partial charge in [-0.2, -0.15) is 10.2 Å². The summed E-state index contributed by atoms with van der Waals surface area (Å²) in [5.74, 6) is 1.09. The number of nitrogens with zero attached hydrogens (tertiary/aromatic N) is 6. The topological polar surface area (TPSA) is 58.0 Å². The molecule has 0 N–H and O–H groups in total. The van der Waals surface area contributed by atoms with E-state index >= 15 is 0 Å². The zero-order valence-electron chi connectivity index (χ0n) is 13.3. The standard InChI is InChI=1S/C17H22N6/c1-2-14(21-20-8-1)12-22-10-6-16(7-11-22)23(15-3-4-15)17-5-9-18-13-19-17/h1-2,5,8-9,13,15-16H,3-4,6-7,10-12H2. The average molecular weight is 310 g/mol. The highest BCUT2D eigenvalue weighted by Gasteiger charge is 2.36. The molecule has 2 aromatic heterocycles. The summed E-state index contributed by atoms with van der Waals surface area (Å²) in [5.41, 5.74) is 1.06. The fourth-order valence-corrected chi connectivity index (χ4v) is 3.46. The van der Waals surface area contributed by atoms with Gasteiger partial charge in [0.25, 0.3) is 0 Å². The molecule has 0 unspecified atom stereocenters. The van der Waals surface area contributed by atoms with Gasteiger partial charge in [-0.3, -0.25) is 4.90 Å². The lowest BCUT2D eigenvalue weighted by Crippen LogP contribution is -2.46. The molecular weight excluding hydrogens is 288 g/mol. The van der Waals surface area contributed by atoms with Gasteiger partial charge >= 0.3 is 0 Å². The second-order valence-electron chi connectivity index (χ2n) is 6.43. The molecule has 0 radical (unpaired) electrons. The first-order valence-electron chi connectivity index (χ1n) is 8.43. The van der Waals surface area contributed by atoms with Crippen LogP contribution in [0.25, 0.3) is 0 Å². The highest BCUT2D eigenvalue weighted by molar-refractivity contribution is 5.41. The minimum absolute atomic E-state index is 0.593. The van der Waals surface area contributed by atoms with Crippen molar-refractivity contribution in [2.45, 2.75) is 44.3 Å². The number of piperidine rings is 1. The predicted octanol–water partition coefficient (Wildman–Crippen LogP) is 1.90. The second kappa shape index (κ2) is 6.58. The van der Waals surface area contributed by atoms with E-state index in [9.17, 15) is 0 Å². The number of anilines is 1. The summed E-state index contributed by atoms with van der Waals surface area (Å²) in [6.45, 7) is 3.11. The molecule has 23 heavy (non-hydrogen) atoms. The monoisotopic (exact) mass is 310 g/mol. The van der Waals surface area contributed by atoms with E-state index in [1.165, 1.54) is 25.7 Å². The van der Waals surface area contributed by atoms with Crippen LogP contribution < -0.4 is 4.90 Å². The highest BCUT2D eigenvalue weighted by atomic mass is 15.3. The zero-order valence-corrected chi connectivity index (χ0v) is 13.3. The van der Waals surface area contributed by atoms with Crippen LogP contribution in [-0.4, -0.2) is 50.2 Å². The van der Waals surface area contributed by atoms with Crippen LogP contribution in [0.4, 0.5) is 5.82 Å². The van der Waals surface area contributed by atoms with Gasteiger partial charge in [-0.25, -0.2) is 9.97 Å². The molecule has 3 heterocycles. The summed E-state index contributed by atoms with van der Waals surface area (Å²) in [4.78, 5) is 13.6. The van der Waals surface area contributed by atoms with Gasteiger partial charge < -0.3 is 4.90 Å². The molecule has 0 aromatic carbocycles. The van der Waals surface area contributed by atoms with E-state index in [2.05, 4.69) is 36.0 Å². The van der Waals surface area contributed by atoms with Crippen LogP contribution in [-0.2, 0) is 6.54 Å². The smallest absolute Gasteiger partial charge is 0.132 e. The normalized spacial score (nSPS) is 19.7. The highest BCUT2D eigenvalue weighted by Crippen LogP contribution is 2.35. The van der Waals surface area contributed by atoms with Gasteiger partial charge in [-0.15, -0.1) is 0 Å². The van der Waals surface area contributed by atoms with E-state index in [0.717, 1.165) is 31.1 Å². The van der Waals surface area contributed by atoms with Crippen molar-refractivity contribution < 1.29 is 0 Å². The molecule has 0 spiro atoms. The van der Waals surface area contributed by atoms with Crippen LogP contribution in [0, 0.1) is 0 Å². The first-order chi connectivity index (χ1) is 11.4. The van der Waals surface area contributed by atoms with Crippen LogP contribution in [0.1, 0.15) is 31.4 Å². The van der Waals surface area contributed by atoms with E-state index in [1.54, 1.807) is 12.5 Å². The summed E-state index contributed by atoms with van der Waals surface area (Å²) in [6.07, 6.45) is 10.2. The van der Waals surface area contributed by atoms with Crippen molar-refractivity contribution in [3.63, 3.8) is 0 Å². The molecule has 4 rings (SSSR count). The van der Waals surface area contributed by atoms with Crippen LogP contribution in [0.2, 0.25) is 0 Å². The quantitative estimate of drug-likeness (QED) is 0.841. The van der Waals surface area contributed by atoms with Crippen LogP contribution in [0.15, 0.2) is 36.9 Å². The number of hydrogen-bond donors (Lipinski definition) is 0. The maximum absolute atomic E-state index is 4.49. The first-order valence-corrected chi connectivity index (χ1v) is 8.43. The Hall–Kier alpha value is -2.08. The first kappa shape index (κ1) is 14.5. The Morgan fingerprint density at radius 2 is 1.87 bits per heavy atom. The molecule has 2 aromatic rings. The third-order valence-electron chi connectivity index (χ3n) is 4.73. The molecule has 1 aliphatic heterocycles. The Labute approximate surface area is 136 Å². The molecule has 6 heteroatoms. The third kappa shape index (κ3) is 3.47. The summed E-state index contributed by atoms with van der Waals surface area (Å²) in [5, 5.41) is 8.16. The minimum Gasteiger partial charge on any atom is -0.350 e. The van der Waals surface area contributed by atoms with Crippen molar-refractivity contribution in [3.05, 3.63) is 42.6 Å². The largest absolute Gasteiger partial charge is 0.350 e. The van der Waals surface area contributed by atoms with Gasteiger partial charge in [-0.1, -0.05) is 0 Å². The molecule has 0 amide bonds. The summed E-state index contributed by atoms with van der Waals surface area (Å²) < 4.78 is 0. The van der Waals surface area contributed by atoms with E-state index in [0.29, 0.717) is 12.1 Å². The molecule has 1 aliphatic carbocycles. The number of likely N-dealkylation sites (tertiary alicyclic amines) is 1. The Bertz CT molecular complexity index is 607. The van der Waals surface area contributed by atoms with E-state index in [-0.39, 0.29) is 0 Å². The Morgan fingerprint density at radius 1 is 1.04 bits per heavy atom. The molecule has 1 saturated carbocycles. The number of rotatable bonds is 5. The van der Waals surface area contributed by atoms with Crippen molar-refractivity contribution in [3.8, 4) is 0 Å². The lowest BCUT2D eigenvalue weighted by molar-refractivity contribution is 0.198. The Kier molecular flexibility index (Phi) is 4.15. The van der Waals surface area contributed by atoms with Gasteiger partial charge in [0.2, 0.25) is 0 Å². The summed E-state index contributed by atoms with van der Waals surface area (Å²) >= 11 is 0. The maximum atomic E-state index is 4.49. The van der Waals surface area contributed by atoms with Gasteiger partial charge in [0.1, 0.15) is 12.1 Å².